The highest BCUT2D eigenvalue weighted by Crippen LogP contribution is 2.22. The van der Waals surface area contributed by atoms with E-state index in [9.17, 15) is 9.59 Å². The van der Waals surface area contributed by atoms with Crippen LogP contribution in [0.25, 0.3) is 0 Å². The predicted molar refractivity (Wildman–Crippen MR) is 52.3 cm³/mol. The first-order chi connectivity index (χ1) is 6.66. The zero-order valence-electron chi connectivity index (χ0n) is 8.06. The molecule has 14 heavy (non-hydrogen) atoms. The van der Waals surface area contributed by atoms with Gasteiger partial charge in [-0.05, 0) is 13.8 Å². The molecule has 1 atom stereocenters. The Labute approximate surface area is 85.8 Å². The molecule has 1 aliphatic rings. The normalized spacial score (nSPS) is 21.3. The first-order valence-corrected chi connectivity index (χ1v) is 5.39. The lowest BCUT2D eigenvalue weighted by Gasteiger charge is -2.19. The molecule has 0 saturated carbocycles. The summed E-state index contributed by atoms with van der Waals surface area (Å²) in [4.78, 5) is 25.0. The number of thiazole rings is 1. The first-order valence-electron chi connectivity index (χ1n) is 4.51. The Morgan fingerprint density at radius 2 is 2.29 bits per heavy atom. The molecular weight excluding hydrogens is 200 g/mol. The molecule has 0 N–H and O–H groups in total. The van der Waals surface area contributed by atoms with Crippen LogP contribution in [-0.4, -0.2) is 18.4 Å². The van der Waals surface area contributed by atoms with Gasteiger partial charge in [-0.15, -0.1) is 0 Å². The van der Waals surface area contributed by atoms with Crippen LogP contribution in [-0.2, 0) is 4.79 Å². The number of hydrogen-bond acceptors (Lipinski definition) is 3. The summed E-state index contributed by atoms with van der Waals surface area (Å²) in [5.41, 5.74) is 0. The minimum Gasteiger partial charge on any atom is -0.246 e. The van der Waals surface area contributed by atoms with Gasteiger partial charge in [0.1, 0.15) is 6.20 Å². The number of amides is 1. The van der Waals surface area contributed by atoms with E-state index < -0.39 is 5.92 Å². The van der Waals surface area contributed by atoms with Gasteiger partial charge in [0.15, 0.2) is 5.92 Å². The number of fused-ring (bicyclic) bond motifs is 1. The molecule has 0 aromatic carbocycles. The highest BCUT2D eigenvalue weighted by molar-refractivity contribution is 7.13. The van der Waals surface area contributed by atoms with Crippen molar-refractivity contribution in [3.63, 3.8) is 0 Å². The third kappa shape index (κ3) is 1.09. The fraction of sp³-hybridized carbons (Fsp3) is 0.444. The SMILES string of the molecule is CCN1C(=O)C(C)C(=O)[n+]2ccsc21. The van der Waals surface area contributed by atoms with Gasteiger partial charge in [-0.3, -0.25) is 0 Å². The number of rotatable bonds is 1. The van der Waals surface area contributed by atoms with Crippen molar-refractivity contribution in [3.8, 4) is 0 Å². The summed E-state index contributed by atoms with van der Waals surface area (Å²) in [5, 5.41) is 2.54. The highest BCUT2D eigenvalue weighted by Gasteiger charge is 2.44. The second-order valence-electron chi connectivity index (χ2n) is 3.20. The van der Waals surface area contributed by atoms with Crippen molar-refractivity contribution in [2.45, 2.75) is 13.8 Å². The predicted octanol–water partition coefficient (Wildman–Crippen LogP) is 0.678. The van der Waals surface area contributed by atoms with Gasteiger partial charge in [0, 0.05) is 5.38 Å². The molecule has 4 nitrogen and oxygen atoms in total. The van der Waals surface area contributed by atoms with E-state index in [-0.39, 0.29) is 11.8 Å². The van der Waals surface area contributed by atoms with Crippen molar-refractivity contribution in [2.75, 3.05) is 11.4 Å². The van der Waals surface area contributed by atoms with Gasteiger partial charge in [0.25, 0.3) is 0 Å². The molecule has 1 aromatic heterocycles. The molecule has 0 bridgehead atoms. The Morgan fingerprint density at radius 1 is 1.57 bits per heavy atom. The van der Waals surface area contributed by atoms with Gasteiger partial charge in [-0.25, -0.2) is 9.59 Å². The average Bonchev–Trinajstić information content (AvgIpc) is 2.64. The zero-order chi connectivity index (χ0) is 10.3. The summed E-state index contributed by atoms with van der Waals surface area (Å²) >= 11 is 1.41. The maximum absolute atomic E-state index is 11.7. The quantitative estimate of drug-likeness (QED) is 0.506. The molecule has 2 rings (SSSR count). The summed E-state index contributed by atoms with van der Waals surface area (Å²) in [6.07, 6.45) is 1.72. The summed E-state index contributed by atoms with van der Waals surface area (Å²) < 4.78 is 1.56. The second kappa shape index (κ2) is 3.16. The minimum absolute atomic E-state index is 0.0973. The standard InChI is InChI=1S/C9H11N2O2S/c1-3-10-7(12)6(2)8(13)11-4-5-14-9(10)11/h4-6H,3H2,1-2H3/q+1. The van der Waals surface area contributed by atoms with Crippen LogP contribution < -0.4 is 9.47 Å². The van der Waals surface area contributed by atoms with Crippen molar-refractivity contribution in [1.29, 1.82) is 0 Å². The van der Waals surface area contributed by atoms with Crippen molar-refractivity contribution in [3.05, 3.63) is 11.6 Å². The van der Waals surface area contributed by atoms with E-state index >= 15 is 0 Å². The monoisotopic (exact) mass is 211 g/mol. The molecule has 1 aliphatic heterocycles. The van der Waals surface area contributed by atoms with Crippen molar-refractivity contribution in [1.82, 2.24) is 0 Å². The van der Waals surface area contributed by atoms with E-state index in [0.29, 0.717) is 6.54 Å². The molecule has 5 heteroatoms. The van der Waals surface area contributed by atoms with Gasteiger partial charge < -0.3 is 0 Å². The molecule has 74 valence electrons. The Morgan fingerprint density at radius 3 is 2.93 bits per heavy atom. The third-order valence-corrected chi connectivity index (χ3v) is 3.27. The van der Waals surface area contributed by atoms with Crippen LogP contribution in [0.3, 0.4) is 0 Å². The maximum Gasteiger partial charge on any atom is 0.351 e. The Bertz CT molecular complexity index is 399. The molecule has 1 unspecified atom stereocenters. The van der Waals surface area contributed by atoms with E-state index in [1.54, 1.807) is 22.6 Å². The average molecular weight is 211 g/mol. The van der Waals surface area contributed by atoms with Crippen molar-refractivity contribution >= 4 is 28.3 Å². The molecule has 0 spiro atoms. The Kier molecular flexibility index (Phi) is 2.11. The van der Waals surface area contributed by atoms with Gasteiger partial charge in [-0.2, -0.15) is 9.47 Å². The van der Waals surface area contributed by atoms with E-state index in [4.69, 9.17) is 0 Å². The fourth-order valence-corrected chi connectivity index (χ4v) is 2.48. The number of aromatic nitrogens is 1. The first kappa shape index (κ1) is 9.33. The van der Waals surface area contributed by atoms with Crippen molar-refractivity contribution in [2.24, 2.45) is 5.92 Å². The number of carbonyl (C=O) groups is 2. The van der Waals surface area contributed by atoms with Gasteiger partial charge in [0.2, 0.25) is 0 Å². The van der Waals surface area contributed by atoms with Crippen LogP contribution in [0.2, 0.25) is 0 Å². The fourth-order valence-electron chi connectivity index (χ4n) is 1.57. The Hall–Kier alpha value is -1.23. The third-order valence-electron chi connectivity index (χ3n) is 2.38. The van der Waals surface area contributed by atoms with Crippen LogP contribution in [0.1, 0.15) is 18.6 Å². The Balaban J connectivity index is 2.55. The van der Waals surface area contributed by atoms with Crippen LogP contribution in [0.15, 0.2) is 11.6 Å². The van der Waals surface area contributed by atoms with Gasteiger partial charge in [0.05, 0.1) is 6.54 Å². The number of hydrogen-bond donors (Lipinski definition) is 0. The molecular formula is C9H11N2O2S+. The largest absolute Gasteiger partial charge is 0.351 e. The molecule has 2 heterocycles. The summed E-state index contributed by atoms with van der Waals surface area (Å²) in [6, 6.07) is 0. The topological polar surface area (TPSA) is 41.3 Å². The van der Waals surface area contributed by atoms with Crippen LogP contribution in [0, 0.1) is 5.92 Å². The lowest BCUT2D eigenvalue weighted by Crippen LogP contribution is -2.58. The highest BCUT2D eigenvalue weighted by atomic mass is 32.1. The van der Waals surface area contributed by atoms with Crippen LogP contribution in [0.5, 0.6) is 0 Å². The molecule has 1 aromatic rings. The summed E-state index contributed by atoms with van der Waals surface area (Å²) in [5.74, 6) is -0.780. The van der Waals surface area contributed by atoms with E-state index in [0.717, 1.165) is 5.13 Å². The maximum atomic E-state index is 11.7. The number of anilines is 1. The summed E-state index contributed by atoms with van der Waals surface area (Å²) in [6.45, 7) is 4.17. The summed E-state index contributed by atoms with van der Waals surface area (Å²) in [7, 11) is 0. The lowest BCUT2D eigenvalue weighted by molar-refractivity contribution is -0.560. The molecule has 1 amide bonds. The molecule has 0 fully saturated rings. The minimum atomic E-state index is -0.554. The molecule has 0 saturated heterocycles. The van der Waals surface area contributed by atoms with E-state index in [1.165, 1.54) is 11.3 Å². The van der Waals surface area contributed by atoms with Crippen LogP contribution >= 0.6 is 11.3 Å². The molecule has 0 aliphatic carbocycles. The lowest BCUT2D eigenvalue weighted by atomic mass is 10.1. The molecule has 0 radical (unpaired) electrons. The smallest absolute Gasteiger partial charge is 0.246 e. The van der Waals surface area contributed by atoms with Gasteiger partial charge >= 0.3 is 16.9 Å². The van der Waals surface area contributed by atoms with Gasteiger partial charge in [-0.1, -0.05) is 11.3 Å². The second-order valence-corrected chi connectivity index (χ2v) is 4.07. The van der Waals surface area contributed by atoms with Crippen molar-refractivity contribution < 1.29 is 14.2 Å². The number of carbonyl (C=O) groups excluding carboxylic acids is 2. The number of nitrogens with zero attached hydrogens (tertiary/aromatic N) is 2. The van der Waals surface area contributed by atoms with E-state index in [2.05, 4.69) is 0 Å². The van der Waals surface area contributed by atoms with E-state index in [1.807, 2.05) is 12.3 Å². The zero-order valence-corrected chi connectivity index (χ0v) is 8.87. The van der Waals surface area contributed by atoms with Crippen LogP contribution in [0.4, 0.5) is 5.13 Å².